The second-order valence-corrected chi connectivity index (χ2v) is 5.58. The van der Waals surface area contributed by atoms with Crippen molar-refractivity contribution in [2.75, 3.05) is 13.2 Å². The van der Waals surface area contributed by atoms with Crippen molar-refractivity contribution >= 4 is 5.91 Å². The Balaban J connectivity index is 1.61. The van der Waals surface area contributed by atoms with E-state index in [1.165, 1.54) is 24.8 Å². The zero-order valence-corrected chi connectivity index (χ0v) is 12.4. The lowest BCUT2D eigenvalue weighted by atomic mass is 10.0. The first kappa shape index (κ1) is 15.0. The summed E-state index contributed by atoms with van der Waals surface area (Å²) in [6.45, 7) is 3.71. The Labute approximate surface area is 121 Å². The van der Waals surface area contributed by atoms with Crippen molar-refractivity contribution in [3.63, 3.8) is 0 Å². The second kappa shape index (κ2) is 8.05. The molecule has 1 aliphatic heterocycles. The lowest BCUT2D eigenvalue weighted by Crippen LogP contribution is -2.27. The van der Waals surface area contributed by atoms with Crippen LogP contribution in [0.3, 0.4) is 0 Å². The number of benzene rings is 1. The van der Waals surface area contributed by atoms with Crippen LogP contribution in [-0.4, -0.2) is 25.2 Å². The topological polar surface area (TPSA) is 38.3 Å². The number of hydrogen-bond acceptors (Lipinski definition) is 2. The molecular weight excluding hydrogens is 250 g/mol. The van der Waals surface area contributed by atoms with Crippen molar-refractivity contribution in [2.24, 2.45) is 0 Å². The third-order valence-electron chi connectivity index (χ3n) is 3.91. The Morgan fingerprint density at radius 3 is 2.95 bits per heavy atom. The van der Waals surface area contributed by atoms with Gasteiger partial charge in [-0.2, -0.15) is 0 Å². The minimum atomic E-state index is 0.115. The molecule has 1 atom stereocenters. The fourth-order valence-electron chi connectivity index (χ4n) is 2.64. The number of nitrogens with one attached hydrogen (secondary N) is 1. The van der Waals surface area contributed by atoms with Gasteiger partial charge in [-0.3, -0.25) is 4.79 Å². The summed E-state index contributed by atoms with van der Waals surface area (Å²) in [4.78, 5) is 11.9. The van der Waals surface area contributed by atoms with E-state index in [1.54, 1.807) is 0 Å². The highest BCUT2D eigenvalue weighted by molar-refractivity contribution is 5.78. The van der Waals surface area contributed by atoms with E-state index in [1.807, 2.05) is 31.2 Å². The first-order chi connectivity index (χ1) is 9.75. The van der Waals surface area contributed by atoms with Gasteiger partial charge in [-0.1, -0.05) is 24.3 Å². The van der Waals surface area contributed by atoms with Gasteiger partial charge < -0.3 is 10.1 Å². The van der Waals surface area contributed by atoms with Gasteiger partial charge in [0.05, 0.1) is 12.5 Å². The van der Waals surface area contributed by atoms with Gasteiger partial charge in [-0.25, -0.2) is 0 Å². The molecular formula is C17H25NO2. The Kier molecular flexibility index (Phi) is 6.06. The van der Waals surface area contributed by atoms with E-state index in [2.05, 4.69) is 5.32 Å². The van der Waals surface area contributed by atoms with Crippen molar-refractivity contribution in [3.8, 4) is 0 Å². The van der Waals surface area contributed by atoms with Crippen LogP contribution < -0.4 is 5.32 Å². The summed E-state index contributed by atoms with van der Waals surface area (Å²) in [6, 6.07) is 8.05. The van der Waals surface area contributed by atoms with Crippen LogP contribution in [0.1, 0.15) is 43.2 Å². The van der Waals surface area contributed by atoms with E-state index < -0.39 is 0 Å². The molecule has 1 aromatic carbocycles. The maximum absolute atomic E-state index is 11.9. The minimum absolute atomic E-state index is 0.115. The number of hydrogen-bond donors (Lipinski definition) is 1. The molecule has 2 rings (SSSR count). The van der Waals surface area contributed by atoms with Crippen LogP contribution in [0.4, 0.5) is 0 Å². The Morgan fingerprint density at radius 1 is 1.35 bits per heavy atom. The van der Waals surface area contributed by atoms with Crippen LogP contribution in [0.5, 0.6) is 0 Å². The van der Waals surface area contributed by atoms with Crippen LogP contribution >= 0.6 is 0 Å². The van der Waals surface area contributed by atoms with Crippen LogP contribution in [0.25, 0.3) is 0 Å². The third kappa shape index (κ3) is 4.97. The van der Waals surface area contributed by atoms with Gasteiger partial charge >= 0.3 is 0 Å². The van der Waals surface area contributed by atoms with Gasteiger partial charge in [0.15, 0.2) is 0 Å². The summed E-state index contributed by atoms with van der Waals surface area (Å²) < 4.78 is 5.68. The lowest BCUT2D eigenvalue weighted by molar-refractivity contribution is -0.120. The van der Waals surface area contributed by atoms with E-state index in [0.717, 1.165) is 31.6 Å². The van der Waals surface area contributed by atoms with Gasteiger partial charge in [-0.05, 0) is 50.2 Å². The highest BCUT2D eigenvalue weighted by Crippen LogP contribution is 2.16. The summed E-state index contributed by atoms with van der Waals surface area (Å²) >= 11 is 0. The predicted molar refractivity (Wildman–Crippen MR) is 80.7 cm³/mol. The van der Waals surface area contributed by atoms with Gasteiger partial charge in [-0.15, -0.1) is 0 Å². The van der Waals surface area contributed by atoms with Crippen LogP contribution in [0.2, 0.25) is 0 Å². The smallest absolute Gasteiger partial charge is 0.224 e. The maximum Gasteiger partial charge on any atom is 0.224 e. The summed E-state index contributed by atoms with van der Waals surface area (Å²) in [7, 11) is 0. The van der Waals surface area contributed by atoms with Gasteiger partial charge in [0.25, 0.3) is 0 Å². The molecule has 110 valence electrons. The molecule has 1 aromatic rings. The number of rotatable bonds is 6. The first-order valence-electron chi connectivity index (χ1n) is 7.68. The van der Waals surface area contributed by atoms with E-state index in [-0.39, 0.29) is 5.91 Å². The molecule has 1 N–H and O–H groups in total. The summed E-state index contributed by atoms with van der Waals surface area (Å²) in [5.74, 6) is 0.115. The maximum atomic E-state index is 11.9. The van der Waals surface area contributed by atoms with Crippen LogP contribution in [0, 0.1) is 6.92 Å². The van der Waals surface area contributed by atoms with E-state index >= 15 is 0 Å². The molecule has 20 heavy (non-hydrogen) atoms. The molecule has 0 aromatic heterocycles. The molecule has 1 aliphatic rings. The molecule has 1 heterocycles. The van der Waals surface area contributed by atoms with Crippen molar-refractivity contribution in [1.29, 1.82) is 0 Å². The number of amides is 1. The molecule has 0 radical (unpaired) electrons. The molecule has 1 fully saturated rings. The molecule has 0 aliphatic carbocycles. The summed E-state index contributed by atoms with van der Waals surface area (Å²) in [6.07, 6.45) is 6.61. The van der Waals surface area contributed by atoms with Gasteiger partial charge in [0.2, 0.25) is 5.91 Å². The highest BCUT2D eigenvalue weighted by Gasteiger charge is 2.13. The number of aryl methyl sites for hydroxylation is 1. The standard InChI is InChI=1S/C17H25NO2/c1-14-7-2-3-8-15(14)13-17(19)18-11-6-10-16-9-4-5-12-20-16/h2-3,7-8,16H,4-6,9-13H2,1H3,(H,18,19)/t16-/m0/s1. The quantitative estimate of drug-likeness (QED) is 0.811. The molecule has 3 nitrogen and oxygen atoms in total. The van der Waals surface area contributed by atoms with E-state index in [4.69, 9.17) is 4.74 Å². The van der Waals surface area contributed by atoms with Gasteiger partial charge in [0.1, 0.15) is 0 Å². The van der Waals surface area contributed by atoms with E-state index in [9.17, 15) is 4.79 Å². The van der Waals surface area contributed by atoms with Crippen molar-refractivity contribution < 1.29 is 9.53 Å². The summed E-state index contributed by atoms with van der Waals surface area (Å²) in [5, 5.41) is 3.00. The fraction of sp³-hybridized carbons (Fsp3) is 0.588. The average Bonchev–Trinajstić information content (AvgIpc) is 2.47. The lowest BCUT2D eigenvalue weighted by Gasteiger charge is -2.22. The molecule has 3 heteroatoms. The Bertz CT molecular complexity index is 425. The van der Waals surface area contributed by atoms with Crippen LogP contribution in [0.15, 0.2) is 24.3 Å². The Morgan fingerprint density at radius 2 is 2.20 bits per heavy atom. The average molecular weight is 275 g/mol. The minimum Gasteiger partial charge on any atom is -0.378 e. The molecule has 1 saturated heterocycles. The summed E-state index contributed by atoms with van der Waals surface area (Å²) in [5.41, 5.74) is 2.29. The molecule has 0 bridgehead atoms. The fourth-order valence-corrected chi connectivity index (χ4v) is 2.64. The zero-order valence-electron chi connectivity index (χ0n) is 12.4. The van der Waals surface area contributed by atoms with Gasteiger partial charge in [0, 0.05) is 13.2 Å². The molecule has 0 saturated carbocycles. The van der Waals surface area contributed by atoms with Crippen LogP contribution in [-0.2, 0) is 16.0 Å². The number of carbonyl (C=O) groups is 1. The molecule has 0 spiro atoms. The van der Waals surface area contributed by atoms with Crippen molar-refractivity contribution in [3.05, 3.63) is 35.4 Å². The monoisotopic (exact) mass is 275 g/mol. The SMILES string of the molecule is Cc1ccccc1CC(=O)NCCC[C@@H]1CCCCO1. The predicted octanol–water partition coefficient (Wildman–Crippen LogP) is 3.00. The first-order valence-corrected chi connectivity index (χ1v) is 7.68. The Hall–Kier alpha value is -1.35. The largest absolute Gasteiger partial charge is 0.378 e. The van der Waals surface area contributed by atoms with Crippen molar-refractivity contribution in [2.45, 2.75) is 51.6 Å². The highest BCUT2D eigenvalue weighted by atomic mass is 16.5. The second-order valence-electron chi connectivity index (χ2n) is 5.58. The molecule has 1 amide bonds. The zero-order chi connectivity index (χ0) is 14.2. The number of ether oxygens (including phenoxy) is 1. The normalized spacial score (nSPS) is 18.8. The van der Waals surface area contributed by atoms with E-state index in [0.29, 0.717) is 12.5 Å². The van der Waals surface area contributed by atoms with Crippen molar-refractivity contribution in [1.82, 2.24) is 5.32 Å². The third-order valence-corrected chi connectivity index (χ3v) is 3.91. The number of carbonyl (C=O) groups excluding carboxylic acids is 1. The molecule has 0 unspecified atom stereocenters.